The summed E-state index contributed by atoms with van der Waals surface area (Å²) < 4.78 is 39.2. The van der Waals surface area contributed by atoms with Gasteiger partial charge in [-0.2, -0.15) is 18.4 Å². The Labute approximate surface area is 186 Å². The lowest BCUT2D eigenvalue weighted by Gasteiger charge is -2.21. The third-order valence-electron chi connectivity index (χ3n) is 6.31. The minimum atomic E-state index is -4.29. The van der Waals surface area contributed by atoms with Gasteiger partial charge >= 0.3 is 6.18 Å². The molecule has 32 heavy (non-hydrogen) atoms. The van der Waals surface area contributed by atoms with Crippen LogP contribution < -0.4 is 10.5 Å². The van der Waals surface area contributed by atoms with E-state index in [0.717, 1.165) is 25.9 Å². The number of aromatic nitrogens is 2. The van der Waals surface area contributed by atoms with Gasteiger partial charge in [0.25, 0.3) is 5.56 Å². The Bertz CT molecular complexity index is 929. The predicted octanol–water partition coefficient (Wildman–Crippen LogP) is 4.26. The summed E-state index contributed by atoms with van der Waals surface area (Å²) >= 11 is 0. The fourth-order valence-electron chi connectivity index (χ4n) is 4.50. The van der Waals surface area contributed by atoms with Crippen molar-refractivity contribution in [2.24, 2.45) is 17.3 Å². The molecule has 0 amide bonds. The van der Waals surface area contributed by atoms with Gasteiger partial charge in [-0.05, 0) is 43.9 Å². The summed E-state index contributed by atoms with van der Waals surface area (Å²) in [6, 6.07) is 3.54. The third kappa shape index (κ3) is 6.57. The van der Waals surface area contributed by atoms with Crippen LogP contribution in [0, 0.1) is 28.6 Å². The van der Waals surface area contributed by atoms with Crippen molar-refractivity contribution in [2.45, 2.75) is 77.9 Å². The van der Waals surface area contributed by atoms with Gasteiger partial charge in [-0.1, -0.05) is 13.8 Å². The lowest BCUT2D eigenvalue weighted by atomic mass is 9.97. The highest BCUT2D eigenvalue weighted by Gasteiger charge is 2.44. The lowest BCUT2D eigenvalue weighted by Crippen LogP contribution is -2.32. The smallest absolute Gasteiger partial charge is 0.356 e. The minimum Gasteiger partial charge on any atom is -0.356 e. The highest BCUT2D eigenvalue weighted by molar-refractivity contribution is 5.80. The summed E-state index contributed by atoms with van der Waals surface area (Å²) in [6.45, 7) is 5.58. The van der Waals surface area contributed by atoms with E-state index < -0.39 is 23.6 Å². The van der Waals surface area contributed by atoms with Crippen molar-refractivity contribution in [1.82, 2.24) is 9.55 Å². The van der Waals surface area contributed by atoms with Gasteiger partial charge in [0.1, 0.15) is 11.6 Å². The van der Waals surface area contributed by atoms with Crippen molar-refractivity contribution >= 4 is 11.6 Å². The Morgan fingerprint density at radius 2 is 2.09 bits per heavy atom. The van der Waals surface area contributed by atoms with E-state index in [1.807, 2.05) is 4.90 Å². The Balaban J connectivity index is 1.79. The van der Waals surface area contributed by atoms with Crippen LogP contribution in [0.15, 0.2) is 10.9 Å². The lowest BCUT2D eigenvalue weighted by molar-refractivity contribution is -0.135. The van der Waals surface area contributed by atoms with E-state index in [-0.39, 0.29) is 37.4 Å². The maximum atomic E-state index is 12.9. The molecular formula is C23H31F3N4O2. The van der Waals surface area contributed by atoms with Gasteiger partial charge in [-0.15, -0.1) is 0 Å². The monoisotopic (exact) mass is 452 g/mol. The normalized spacial score (nSPS) is 19.9. The predicted molar refractivity (Wildman–Crippen MR) is 114 cm³/mol. The fraction of sp³-hybridized carbons (Fsp3) is 0.739. The Morgan fingerprint density at radius 3 is 2.69 bits per heavy atom. The number of ketones is 1. The number of carbonyl (C=O) groups excluding carboxylic acids is 1. The Morgan fingerprint density at radius 1 is 1.38 bits per heavy atom. The van der Waals surface area contributed by atoms with Gasteiger partial charge < -0.3 is 4.90 Å². The van der Waals surface area contributed by atoms with Crippen LogP contribution in [0.4, 0.5) is 19.0 Å². The standard InChI is InChI=1S/C23H31F3N4O2/c1-16(2)10-17-5-9-29(13-17)20-11-21(32)30(14-18(31)12-22(15-27)7-8-22)19(28-20)4-3-6-23(24,25)26/h11,16-17H,3-10,12-14H2,1-2H3. The molecule has 6 nitrogen and oxygen atoms in total. The number of anilines is 1. The molecule has 2 heterocycles. The number of nitriles is 1. The summed E-state index contributed by atoms with van der Waals surface area (Å²) in [4.78, 5) is 32.0. The van der Waals surface area contributed by atoms with Crippen LogP contribution in [0.2, 0.25) is 0 Å². The molecule has 0 aromatic carbocycles. The first-order valence-electron chi connectivity index (χ1n) is 11.4. The number of halogens is 3. The van der Waals surface area contributed by atoms with E-state index >= 15 is 0 Å². The number of Topliss-reactive ketones (excluding diaryl/α,β-unsaturated/α-hetero) is 1. The molecule has 1 aliphatic heterocycles. The molecule has 0 radical (unpaired) electrons. The minimum absolute atomic E-state index is 0.0392. The van der Waals surface area contributed by atoms with Gasteiger partial charge in [-0.3, -0.25) is 14.2 Å². The van der Waals surface area contributed by atoms with Crippen LogP contribution in [0.25, 0.3) is 0 Å². The Kier molecular flexibility index (Phi) is 7.31. The molecule has 1 saturated carbocycles. The average molecular weight is 453 g/mol. The first-order valence-corrected chi connectivity index (χ1v) is 11.4. The summed E-state index contributed by atoms with van der Waals surface area (Å²) in [7, 11) is 0. The van der Waals surface area contributed by atoms with Crippen molar-refractivity contribution in [2.75, 3.05) is 18.0 Å². The van der Waals surface area contributed by atoms with Crippen LogP contribution in [-0.4, -0.2) is 34.6 Å². The molecule has 0 bridgehead atoms. The van der Waals surface area contributed by atoms with Crippen LogP contribution >= 0.6 is 0 Å². The largest absolute Gasteiger partial charge is 0.389 e. The molecule has 176 valence electrons. The van der Waals surface area contributed by atoms with Crippen molar-refractivity contribution in [3.63, 3.8) is 0 Å². The summed E-state index contributed by atoms with van der Waals surface area (Å²) in [6.07, 6.45) is -2.07. The van der Waals surface area contributed by atoms with Crippen LogP contribution in [0.1, 0.15) is 64.6 Å². The zero-order valence-corrected chi connectivity index (χ0v) is 18.7. The van der Waals surface area contributed by atoms with E-state index in [1.165, 1.54) is 10.6 Å². The van der Waals surface area contributed by atoms with E-state index in [9.17, 15) is 28.0 Å². The summed E-state index contributed by atoms with van der Waals surface area (Å²) in [5, 5.41) is 9.21. The molecule has 2 aliphatic rings. The third-order valence-corrected chi connectivity index (χ3v) is 6.31. The zero-order chi connectivity index (χ0) is 23.5. The number of rotatable bonds is 10. The molecule has 1 saturated heterocycles. The number of aryl methyl sites for hydroxylation is 1. The van der Waals surface area contributed by atoms with Gasteiger partial charge in [0.15, 0.2) is 5.78 Å². The highest BCUT2D eigenvalue weighted by atomic mass is 19.4. The van der Waals surface area contributed by atoms with Crippen molar-refractivity contribution in [3.05, 3.63) is 22.2 Å². The zero-order valence-electron chi connectivity index (χ0n) is 18.7. The number of hydrogen-bond acceptors (Lipinski definition) is 5. The van der Waals surface area contributed by atoms with Gasteiger partial charge in [0.2, 0.25) is 0 Å². The molecule has 1 aliphatic carbocycles. The second-order valence-electron chi connectivity index (χ2n) is 9.76. The number of nitrogens with zero attached hydrogens (tertiary/aromatic N) is 4. The van der Waals surface area contributed by atoms with Crippen molar-refractivity contribution in [3.8, 4) is 6.07 Å². The van der Waals surface area contributed by atoms with E-state index in [2.05, 4.69) is 24.9 Å². The molecule has 9 heteroatoms. The summed E-state index contributed by atoms with van der Waals surface area (Å²) in [5.41, 5.74) is -1.06. The van der Waals surface area contributed by atoms with Crippen LogP contribution in [0.3, 0.4) is 0 Å². The molecule has 1 atom stereocenters. The molecule has 2 fully saturated rings. The maximum Gasteiger partial charge on any atom is 0.389 e. The molecule has 1 unspecified atom stereocenters. The quantitative estimate of drug-likeness (QED) is 0.530. The summed E-state index contributed by atoms with van der Waals surface area (Å²) in [5.74, 6) is 1.47. The maximum absolute atomic E-state index is 12.9. The first-order chi connectivity index (χ1) is 15.0. The molecule has 1 aromatic heterocycles. The Hall–Kier alpha value is -2.37. The average Bonchev–Trinajstić information content (AvgIpc) is 3.30. The second-order valence-corrected chi connectivity index (χ2v) is 9.76. The second kappa shape index (κ2) is 9.63. The fourth-order valence-corrected chi connectivity index (χ4v) is 4.50. The van der Waals surface area contributed by atoms with Crippen LogP contribution in [-0.2, 0) is 17.8 Å². The molecule has 0 spiro atoms. The van der Waals surface area contributed by atoms with Gasteiger partial charge in [-0.25, -0.2) is 4.98 Å². The van der Waals surface area contributed by atoms with Crippen molar-refractivity contribution in [1.29, 1.82) is 5.26 Å². The number of hydrogen-bond donors (Lipinski definition) is 0. The van der Waals surface area contributed by atoms with E-state index in [1.54, 1.807) is 0 Å². The topological polar surface area (TPSA) is 79.0 Å². The van der Waals surface area contributed by atoms with Crippen LogP contribution in [0.5, 0.6) is 0 Å². The molecular weight excluding hydrogens is 421 g/mol. The van der Waals surface area contributed by atoms with Gasteiger partial charge in [0, 0.05) is 38.4 Å². The number of alkyl halides is 3. The molecule has 3 rings (SSSR count). The molecule has 0 N–H and O–H groups in total. The SMILES string of the molecule is CC(C)CC1CCN(c2cc(=O)n(CC(=O)CC3(C#N)CC3)c(CCCC(F)(F)F)n2)C1. The van der Waals surface area contributed by atoms with Crippen molar-refractivity contribution < 1.29 is 18.0 Å². The molecule has 1 aromatic rings. The van der Waals surface area contributed by atoms with E-state index in [4.69, 9.17) is 0 Å². The first kappa shape index (κ1) is 24.3. The highest BCUT2D eigenvalue weighted by Crippen LogP contribution is 2.48. The van der Waals surface area contributed by atoms with E-state index in [0.29, 0.717) is 30.5 Å². The number of carbonyl (C=O) groups is 1. The van der Waals surface area contributed by atoms with Gasteiger partial charge in [0.05, 0.1) is 18.0 Å².